The summed E-state index contributed by atoms with van der Waals surface area (Å²) >= 11 is 0. The van der Waals surface area contributed by atoms with E-state index in [1.807, 2.05) is 16.8 Å². The van der Waals surface area contributed by atoms with Crippen LogP contribution in [0.1, 0.15) is 45.4 Å². The Labute approximate surface area is 164 Å². The zero-order valence-corrected chi connectivity index (χ0v) is 17.4. The first kappa shape index (κ1) is 23.2. The standard InChI is InChI=1S/C19H35N3O3.ClH/c1-4-5-12-21(2)17(23)16-6-13-22(14-7-16)18(24)19(15-25-3)8-10-20-11-9-19;/h16,20H,4-15H2,1-3H3;1H. The van der Waals surface area contributed by atoms with Crippen LogP contribution in [0.2, 0.25) is 0 Å². The molecule has 0 aromatic rings. The van der Waals surface area contributed by atoms with Crippen LogP contribution in [0.25, 0.3) is 0 Å². The predicted octanol–water partition coefficient (Wildman–Crippen LogP) is 1.92. The molecule has 2 heterocycles. The van der Waals surface area contributed by atoms with Crippen molar-refractivity contribution in [3.05, 3.63) is 0 Å². The van der Waals surface area contributed by atoms with Crippen molar-refractivity contribution in [2.45, 2.75) is 45.4 Å². The lowest BCUT2D eigenvalue weighted by atomic mass is 9.77. The number of amides is 2. The number of hydrogen-bond donors (Lipinski definition) is 1. The number of likely N-dealkylation sites (tertiary alicyclic amines) is 1. The minimum absolute atomic E-state index is 0. The first-order valence-corrected chi connectivity index (χ1v) is 9.78. The Morgan fingerprint density at radius 2 is 1.85 bits per heavy atom. The fourth-order valence-electron chi connectivity index (χ4n) is 4.08. The molecule has 0 aromatic heterocycles. The Morgan fingerprint density at radius 3 is 2.38 bits per heavy atom. The third kappa shape index (κ3) is 5.57. The largest absolute Gasteiger partial charge is 0.384 e. The van der Waals surface area contributed by atoms with Crippen molar-refractivity contribution in [2.24, 2.45) is 11.3 Å². The van der Waals surface area contributed by atoms with Crippen molar-refractivity contribution in [3.8, 4) is 0 Å². The molecule has 0 aliphatic carbocycles. The van der Waals surface area contributed by atoms with Gasteiger partial charge in [-0.1, -0.05) is 13.3 Å². The van der Waals surface area contributed by atoms with Gasteiger partial charge in [-0.25, -0.2) is 0 Å². The van der Waals surface area contributed by atoms with Crippen LogP contribution in [0, 0.1) is 11.3 Å². The van der Waals surface area contributed by atoms with E-state index in [0.29, 0.717) is 19.7 Å². The van der Waals surface area contributed by atoms with Gasteiger partial charge in [-0.05, 0) is 45.2 Å². The number of methoxy groups -OCH3 is 1. The van der Waals surface area contributed by atoms with Gasteiger partial charge in [0.05, 0.1) is 12.0 Å². The Kier molecular flexibility index (Phi) is 9.90. The number of nitrogens with one attached hydrogen (secondary N) is 1. The highest BCUT2D eigenvalue weighted by atomic mass is 35.5. The molecule has 2 rings (SSSR count). The molecule has 2 fully saturated rings. The summed E-state index contributed by atoms with van der Waals surface area (Å²) in [5, 5.41) is 3.33. The van der Waals surface area contributed by atoms with E-state index in [1.54, 1.807) is 7.11 Å². The molecule has 0 saturated carbocycles. The van der Waals surface area contributed by atoms with Crippen LogP contribution in [-0.4, -0.2) is 75.1 Å². The molecule has 152 valence electrons. The van der Waals surface area contributed by atoms with Crippen molar-refractivity contribution in [1.82, 2.24) is 15.1 Å². The van der Waals surface area contributed by atoms with Crippen LogP contribution in [0.15, 0.2) is 0 Å². The van der Waals surface area contributed by atoms with Gasteiger partial charge in [0, 0.05) is 39.7 Å². The molecule has 0 aromatic carbocycles. The average molecular weight is 390 g/mol. The van der Waals surface area contributed by atoms with Crippen molar-refractivity contribution in [1.29, 1.82) is 0 Å². The van der Waals surface area contributed by atoms with Crippen LogP contribution in [0.4, 0.5) is 0 Å². The first-order chi connectivity index (χ1) is 12.0. The maximum Gasteiger partial charge on any atom is 0.231 e. The Balaban J connectivity index is 0.00000338. The van der Waals surface area contributed by atoms with Crippen molar-refractivity contribution >= 4 is 24.2 Å². The zero-order valence-electron chi connectivity index (χ0n) is 16.6. The fraction of sp³-hybridized carbons (Fsp3) is 0.895. The second kappa shape index (κ2) is 11.1. The molecular formula is C19H36ClN3O3. The minimum Gasteiger partial charge on any atom is -0.384 e. The molecule has 7 heteroatoms. The highest BCUT2D eigenvalue weighted by Crippen LogP contribution is 2.33. The maximum absolute atomic E-state index is 13.1. The van der Waals surface area contributed by atoms with Crippen LogP contribution >= 0.6 is 12.4 Å². The van der Waals surface area contributed by atoms with E-state index in [1.165, 1.54) is 0 Å². The average Bonchev–Trinajstić information content (AvgIpc) is 2.66. The number of nitrogens with zero attached hydrogens (tertiary/aromatic N) is 2. The van der Waals surface area contributed by atoms with Crippen molar-refractivity contribution < 1.29 is 14.3 Å². The molecule has 2 amide bonds. The summed E-state index contributed by atoms with van der Waals surface area (Å²) in [5.74, 6) is 0.535. The summed E-state index contributed by atoms with van der Waals surface area (Å²) < 4.78 is 5.39. The van der Waals surface area contributed by atoms with E-state index in [-0.39, 0.29) is 35.6 Å². The third-order valence-electron chi connectivity index (χ3n) is 5.79. The van der Waals surface area contributed by atoms with E-state index < -0.39 is 0 Å². The van der Waals surface area contributed by atoms with Crippen molar-refractivity contribution in [3.63, 3.8) is 0 Å². The highest BCUT2D eigenvalue weighted by Gasteiger charge is 2.43. The maximum atomic E-state index is 13.1. The number of hydrogen-bond acceptors (Lipinski definition) is 4. The zero-order chi connectivity index (χ0) is 18.3. The van der Waals surface area contributed by atoms with Gasteiger partial charge >= 0.3 is 0 Å². The van der Waals surface area contributed by atoms with Gasteiger partial charge in [-0.15, -0.1) is 12.4 Å². The van der Waals surface area contributed by atoms with Gasteiger partial charge in [0.15, 0.2) is 0 Å². The smallest absolute Gasteiger partial charge is 0.231 e. The van der Waals surface area contributed by atoms with Crippen molar-refractivity contribution in [2.75, 3.05) is 53.5 Å². The molecule has 1 N–H and O–H groups in total. The van der Waals surface area contributed by atoms with Crippen LogP contribution in [0.3, 0.4) is 0 Å². The van der Waals surface area contributed by atoms with E-state index in [2.05, 4.69) is 12.2 Å². The molecule has 0 atom stereocenters. The Hall–Kier alpha value is -0.850. The van der Waals surface area contributed by atoms with Gasteiger partial charge in [0.25, 0.3) is 0 Å². The normalized spacial score (nSPS) is 20.3. The van der Waals surface area contributed by atoms with Gasteiger partial charge < -0.3 is 19.9 Å². The number of rotatable bonds is 7. The molecule has 2 aliphatic heterocycles. The number of carbonyl (C=O) groups excluding carboxylic acids is 2. The summed E-state index contributed by atoms with van der Waals surface area (Å²) in [6.45, 7) is 6.58. The molecule has 2 aliphatic rings. The van der Waals surface area contributed by atoms with Gasteiger partial charge in [-0.2, -0.15) is 0 Å². The molecule has 0 spiro atoms. The lowest BCUT2D eigenvalue weighted by Crippen LogP contribution is -2.54. The fourth-order valence-corrected chi connectivity index (χ4v) is 4.08. The molecule has 0 radical (unpaired) electrons. The predicted molar refractivity (Wildman–Crippen MR) is 106 cm³/mol. The van der Waals surface area contributed by atoms with Crippen LogP contribution < -0.4 is 5.32 Å². The summed E-state index contributed by atoms with van der Waals surface area (Å²) in [6, 6.07) is 0. The second-order valence-corrected chi connectivity index (χ2v) is 7.64. The summed E-state index contributed by atoms with van der Waals surface area (Å²) in [6.07, 6.45) is 5.37. The molecule has 26 heavy (non-hydrogen) atoms. The quantitative estimate of drug-likeness (QED) is 0.722. The summed E-state index contributed by atoms with van der Waals surface area (Å²) in [7, 11) is 3.58. The van der Waals surface area contributed by atoms with Gasteiger partial charge in [0.2, 0.25) is 11.8 Å². The van der Waals surface area contributed by atoms with Gasteiger partial charge in [0.1, 0.15) is 0 Å². The number of unbranched alkanes of at least 4 members (excludes halogenated alkanes) is 1. The number of carbonyl (C=O) groups is 2. The Bertz CT molecular complexity index is 442. The Morgan fingerprint density at radius 1 is 1.23 bits per heavy atom. The second-order valence-electron chi connectivity index (χ2n) is 7.64. The number of ether oxygens (including phenoxy) is 1. The van der Waals surface area contributed by atoms with E-state index in [0.717, 1.165) is 58.2 Å². The minimum atomic E-state index is -0.380. The first-order valence-electron chi connectivity index (χ1n) is 9.78. The monoisotopic (exact) mass is 389 g/mol. The molecule has 2 saturated heterocycles. The topological polar surface area (TPSA) is 61.9 Å². The molecule has 0 bridgehead atoms. The lowest BCUT2D eigenvalue weighted by Gasteiger charge is -2.42. The van der Waals surface area contributed by atoms with E-state index >= 15 is 0 Å². The van der Waals surface area contributed by atoms with E-state index in [9.17, 15) is 9.59 Å². The number of piperidine rings is 2. The third-order valence-corrected chi connectivity index (χ3v) is 5.79. The van der Waals surface area contributed by atoms with Gasteiger partial charge in [-0.3, -0.25) is 9.59 Å². The van der Waals surface area contributed by atoms with Crippen LogP contribution in [-0.2, 0) is 14.3 Å². The highest BCUT2D eigenvalue weighted by molar-refractivity contribution is 5.85. The molecule has 6 nitrogen and oxygen atoms in total. The molecule has 0 unspecified atom stereocenters. The summed E-state index contributed by atoms with van der Waals surface area (Å²) in [5.41, 5.74) is -0.380. The van der Waals surface area contributed by atoms with E-state index in [4.69, 9.17) is 4.74 Å². The lowest BCUT2D eigenvalue weighted by molar-refractivity contribution is -0.151. The SMILES string of the molecule is CCCCN(C)C(=O)C1CCN(C(=O)C2(COC)CCNCC2)CC1.Cl. The molecular weight excluding hydrogens is 354 g/mol. The van der Waals surface area contributed by atoms with Crippen LogP contribution in [0.5, 0.6) is 0 Å². The number of halogens is 1. The summed E-state index contributed by atoms with van der Waals surface area (Å²) in [4.78, 5) is 29.5.